The number of hydrogen-bond acceptors (Lipinski definition) is 4. The maximum Gasteiger partial charge on any atom is 0.416 e. The molecular weight excluding hydrogens is 341 g/mol. The summed E-state index contributed by atoms with van der Waals surface area (Å²) < 4.78 is 39.0. The SMILES string of the molecule is CC[C@@H](C)Nc1nc(Nc2cc(C(F)(F)F)ccc2C)cc(C2CC2)n1. The van der Waals surface area contributed by atoms with Gasteiger partial charge >= 0.3 is 6.18 Å². The summed E-state index contributed by atoms with van der Waals surface area (Å²) in [5.41, 5.74) is 1.37. The van der Waals surface area contributed by atoms with Crippen LogP contribution in [0.4, 0.5) is 30.6 Å². The summed E-state index contributed by atoms with van der Waals surface area (Å²) in [6.45, 7) is 5.87. The molecule has 2 aromatic rings. The largest absolute Gasteiger partial charge is 0.416 e. The minimum atomic E-state index is -4.38. The average Bonchev–Trinajstić information content (AvgIpc) is 3.40. The minimum Gasteiger partial charge on any atom is -0.352 e. The summed E-state index contributed by atoms with van der Waals surface area (Å²) in [6.07, 6.45) is -1.28. The fourth-order valence-corrected chi connectivity index (χ4v) is 2.58. The molecule has 1 atom stereocenters. The van der Waals surface area contributed by atoms with Gasteiger partial charge in [-0.25, -0.2) is 4.98 Å². The van der Waals surface area contributed by atoms with E-state index in [0.29, 0.717) is 23.4 Å². The summed E-state index contributed by atoms with van der Waals surface area (Å²) in [4.78, 5) is 9.01. The van der Waals surface area contributed by atoms with E-state index in [1.165, 1.54) is 6.07 Å². The highest BCUT2D eigenvalue weighted by molar-refractivity contribution is 5.63. The number of anilines is 3. The molecule has 0 spiro atoms. The van der Waals surface area contributed by atoms with Gasteiger partial charge in [0.15, 0.2) is 0 Å². The van der Waals surface area contributed by atoms with E-state index in [1.807, 2.05) is 13.0 Å². The van der Waals surface area contributed by atoms with E-state index >= 15 is 0 Å². The van der Waals surface area contributed by atoms with E-state index in [1.54, 1.807) is 6.92 Å². The molecule has 1 aromatic carbocycles. The van der Waals surface area contributed by atoms with E-state index in [0.717, 1.165) is 42.7 Å². The van der Waals surface area contributed by atoms with Gasteiger partial charge in [-0.3, -0.25) is 0 Å². The molecule has 0 unspecified atom stereocenters. The number of halogens is 3. The molecule has 0 amide bonds. The second-order valence-corrected chi connectivity index (χ2v) is 6.88. The van der Waals surface area contributed by atoms with Gasteiger partial charge in [0.2, 0.25) is 5.95 Å². The molecule has 0 saturated heterocycles. The number of hydrogen-bond donors (Lipinski definition) is 2. The molecule has 2 N–H and O–H groups in total. The highest BCUT2D eigenvalue weighted by Crippen LogP contribution is 2.40. The first-order chi connectivity index (χ1) is 12.3. The lowest BCUT2D eigenvalue weighted by molar-refractivity contribution is -0.137. The third kappa shape index (κ3) is 4.45. The Morgan fingerprint density at radius 2 is 1.92 bits per heavy atom. The van der Waals surface area contributed by atoms with Crippen LogP contribution in [0.2, 0.25) is 0 Å². The zero-order valence-corrected chi connectivity index (χ0v) is 15.1. The van der Waals surface area contributed by atoms with Crippen LogP contribution in [-0.4, -0.2) is 16.0 Å². The second kappa shape index (κ2) is 7.13. The number of benzene rings is 1. The third-order valence-corrected chi connectivity index (χ3v) is 4.56. The molecule has 0 radical (unpaired) electrons. The Labute approximate surface area is 151 Å². The van der Waals surface area contributed by atoms with Crippen LogP contribution in [0.25, 0.3) is 0 Å². The van der Waals surface area contributed by atoms with Crippen molar-refractivity contribution >= 4 is 17.5 Å². The minimum absolute atomic E-state index is 0.215. The Morgan fingerprint density at radius 3 is 2.54 bits per heavy atom. The molecule has 7 heteroatoms. The van der Waals surface area contributed by atoms with E-state index in [-0.39, 0.29) is 6.04 Å². The number of aromatic nitrogens is 2. The molecule has 1 fully saturated rings. The third-order valence-electron chi connectivity index (χ3n) is 4.56. The first-order valence-electron chi connectivity index (χ1n) is 8.86. The predicted octanol–water partition coefficient (Wildman–Crippen LogP) is 5.64. The van der Waals surface area contributed by atoms with Crippen molar-refractivity contribution in [3.63, 3.8) is 0 Å². The van der Waals surface area contributed by atoms with Crippen molar-refractivity contribution in [2.24, 2.45) is 0 Å². The Hall–Kier alpha value is -2.31. The van der Waals surface area contributed by atoms with Crippen LogP contribution in [0, 0.1) is 6.92 Å². The molecule has 1 aliphatic rings. The van der Waals surface area contributed by atoms with E-state index < -0.39 is 11.7 Å². The molecule has 26 heavy (non-hydrogen) atoms. The summed E-state index contributed by atoms with van der Waals surface area (Å²) in [5, 5.41) is 6.30. The fourth-order valence-electron chi connectivity index (χ4n) is 2.58. The van der Waals surface area contributed by atoms with E-state index in [9.17, 15) is 13.2 Å². The van der Waals surface area contributed by atoms with Crippen molar-refractivity contribution in [2.45, 2.75) is 58.2 Å². The Morgan fingerprint density at radius 1 is 1.19 bits per heavy atom. The summed E-state index contributed by atoms with van der Waals surface area (Å²) in [6, 6.07) is 5.72. The Bertz CT molecular complexity index is 785. The van der Waals surface area contributed by atoms with Crippen LogP contribution in [0.5, 0.6) is 0 Å². The van der Waals surface area contributed by atoms with Gasteiger partial charge in [-0.15, -0.1) is 0 Å². The van der Waals surface area contributed by atoms with E-state index in [2.05, 4.69) is 27.5 Å². The maximum absolute atomic E-state index is 13.0. The molecule has 140 valence electrons. The number of rotatable bonds is 6. The van der Waals surface area contributed by atoms with Crippen LogP contribution < -0.4 is 10.6 Å². The molecule has 1 heterocycles. The lowest BCUT2D eigenvalue weighted by Crippen LogP contribution is -2.16. The van der Waals surface area contributed by atoms with Crippen LogP contribution in [0.1, 0.15) is 55.8 Å². The van der Waals surface area contributed by atoms with Gasteiger partial charge in [0, 0.05) is 23.7 Å². The smallest absolute Gasteiger partial charge is 0.352 e. The summed E-state index contributed by atoms with van der Waals surface area (Å²) >= 11 is 0. The van der Waals surface area contributed by atoms with Crippen molar-refractivity contribution in [3.8, 4) is 0 Å². The van der Waals surface area contributed by atoms with Gasteiger partial charge in [-0.1, -0.05) is 13.0 Å². The molecule has 1 aliphatic carbocycles. The topological polar surface area (TPSA) is 49.8 Å². The average molecular weight is 364 g/mol. The second-order valence-electron chi connectivity index (χ2n) is 6.88. The molecule has 0 aliphatic heterocycles. The summed E-state index contributed by atoms with van der Waals surface area (Å²) in [5.74, 6) is 1.43. The first kappa shape index (κ1) is 18.5. The van der Waals surface area contributed by atoms with Crippen molar-refractivity contribution < 1.29 is 13.2 Å². The van der Waals surface area contributed by atoms with Gasteiger partial charge in [-0.2, -0.15) is 18.2 Å². The zero-order valence-electron chi connectivity index (χ0n) is 15.1. The highest BCUT2D eigenvalue weighted by Gasteiger charge is 2.31. The normalized spacial score (nSPS) is 15.6. The van der Waals surface area contributed by atoms with Crippen LogP contribution in [0.3, 0.4) is 0 Å². The zero-order chi connectivity index (χ0) is 18.9. The maximum atomic E-state index is 13.0. The summed E-state index contributed by atoms with van der Waals surface area (Å²) in [7, 11) is 0. The van der Waals surface area contributed by atoms with Crippen LogP contribution in [-0.2, 0) is 6.18 Å². The molecule has 0 bridgehead atoms. The van der Waals surface area contributed by atoms with Gasteiger partial charge in [0.05, 0.1) is 11.3 Å². The van der Waals surface area contributed by atoms with Gasteiger partial charge in [0.25, 0.3) is 0 Å². The highest BCUT2D eigenvalue weighted by atomic mass is 19.4. The van der Waals surface area contributed by atoms with Crippen LogP contribution >= 0.6 is 0 Å². The number of nitrogens with zero attached hydrogens (tertiary/aromatic N) is 2. The standard InChI is InChI=1S/C19H23F3N4/c1-4-12(3)23-18-25-16(13-6-7-13)10-17(26-18)24-15-9-14(19(20,21)22)8-5-11(15)2/h5,8-10,12-13H,4,6-7H2,1-3H3,(H2,23,24,25,26)/t12-/m1/s1. The monoisotopic (exact) mass is 364 g/mol. The lowest BCUT2D eigenvalue weighted by atomic mass is 10.1. The van der Waals surface area contributed by atoms with Crippen LogP contribution in [0.15, 0.2) is 24.3 Å². The molecule has 4 nitrogen and oxygen atoms in total. The van der Waals surface area contributed by atoms with Crippen molar-refractivity contribution in [3.05, 3.63) is 41.1 Å². The lowest BCUT2D eigenvalue weighted by Gasteiger charge is -2.16. The quantitative estimate of drug-likeness (QED) is 0.697. The fraction of sp³-hybridized carbons (Fsp3) is 0.474. The Balaban J connectivity index is 1.91. The number of alkyl halides is 3. The van der Waals surface area contributed by atoms with E-state index in [4.69, 9.17) is 0 Å². The van der Waals surface area contributed by atoms with Gasteiger partial charge in [-0.05, 0) is 50.8 Å². The molecule has 1 aromatic heterocycles. The number of aryl methyl sites for hydroxylation is 1. The first-order valence-corrected chi connectivity index (χ1v) is 8.86. The van der Waals surface area contributed by atoms with Crippen molar-refractivity contribution in [1.29, 1.82) is 0 Å². The number of nitrogens with one attached hydrogen (secondary N) is 2. The predicted molar refractivity (Wildman–Crippen MR) is 96.8 cm³/mol. The van der Waals surface area contributed by atoms with Gasteiger partial charge in [0.1, 0.15) is 5.82 Å². The van der Waals surface area contributed by atoms with Crippen molar-refractivity contribution in [1.82, 2.24) is 9.97 Å². The molecular formula is C19H23F3N4. The van der Waals surface area contributed by atoms with Crippen molar-refractivity contribution in [2.75, 3.05) is 10.6 Å². The molecule has 3 rings (SSSR count). The van der Waals surface area contributed by atoms with Gasteiger partial charge < -0.3 is 10.6 Å². The molecule has 1 saturated carbocycles. The Kier molecular flexibility index (Phi) is 5.07.